The fraction of sp³-hybridized carbons (Fsp3) is 0.526. The van der Waals surface area contributed by atoms with Crippen LogP contribution in [0.5, 0.6) is 5.75 Å². The molecule has 0 aliphatic carbocycles. The summed E-state index contributed by atoms with van der Waals surface area (Å²) in [6.07, 6.45) is 2.46. The van der Waals surface area contributed by atoms with Crippen molar-refractivity contribution in [3.63, 3.8) is 0 Å². The standard InChI is InChI=1S/C19H23N3O4/c1-13-3-4-15-14(9-13)22(17(24)11-26-15)10-16(23)21-8-6-19(12-21)5-2-7-20-18(19)25/h3-4,9H,2,5-8,10-12H2,1H3,(H,20,25). The normalized spacial score (nSPS) is 25.1. The van der Waals surface area contributed by atoms with Gasteiger partial charge in [0.05, 0.1) is 11.1 Å². The maximum absolute atomic E-state index is 12.8. The molecular weight excluding hydrogens is 334 g/mol. The van der Waals surface area contributed by atoms with Gasteiger partial charge < -0.3 is 15.0 Å². The molecule has 4 rings (SSSR count). The largest absolute Gasteiger partial charge is 0.482 e. The first-order chi connectivity index (χ1) is 12.5. The first-order valence-corrected chi connectivity index (χ1v) is 9.08. The molecule has 3 aliphatic rings. The summed E-state index contributed by atoms with van der Waals surface area (Å²) in [5, 5.41) is 2.92. The number of aryl methyl sites for hydroxylation is 1. The molecule has 2 saturated heterocycles. The van der Waals surface area contributed by atoms with E-state index in [2.05, 4.69) is 5.32 Å². The Kier molecular flexibility index (Phi) is 4.09. The summed E-state index contributed by atoms with van der Waals surface area (Å²) in [5.41, 5.74) is 1.19. The van der Waals surface area contributed by atoms with Crippen LogP contribution in [0.2, 0.25) is 0 Å². The molecule has 26 heavy (non-hydrogen) atoms. The topological polar surface area (TPSA) is 79.0 Å². The third-order valence-corrected chi connectivity index (χ3v) is 5.66. The molecule has 0 aromatic heterocycles. The van der Waals surface area contributed by atoms with Gasteiger partial charge in [-0.25, -0.2) is 0 Å². The number of nitrogens with one attached hydrogen (secondary N) is 1. The molecule has 7 nitrogen and oxygen atoms in total. The second-order valence-electron chi connectivity index (χ2n) is 7.44. The zero-order valence-electron chi connectivity index (χ0n) is 14.9. The molecule has 0 radical (unpaired) electrons. The van der Waals surface area contributed by atoms with Crippen LogP contribution in [0.4, 0.5) is 5.69 Å². The quantitative estimate of drug-likeness (QED) is 0.851. The highest BCUT2D eigenvalue weighted by Crippen LogP contribution is 2.38. The van der Waals surface area contributed by atoms with Crippen LogP contribution in [0.15, 0.2) is 18.2 Å². The van der Waals surface area contributed by atoms with E-state index in [0.29, 0.717) is 37.5 Å². The van der Waals surface area contributed by atoms with Gasteiger partial charge in [-0.2, -0.15) is 0 Å². The summed E-state index contributed by atoms with van der Waals surface area (Å²) in [7, 11) is 0. The van der Waals surface area contributed by atoms with Gasteiger partial charge in [0, 0.05) is 19.6 Å². The number of rotatable bonds is 2. The molecule has 1 N–H and O–H groups in total. The Balaban J connectivity index is 1.50. The zero-order valence-corrected chi connectivity index (χ0v) is 14.9. The van der Waals surface area contributed by atoms with Gasteiger partial charge in [-0.05, 0) is 43.9 Å². The second kappa shape index (κ2) is 6.30. The molecule has 0 bridgehead atoms. The SMILES string of the molecule is Cc1ccc2c(c1)N(CC(=O)N1CCC3(CCCNC3=O)C1)C(=O)CO2. The van der Waals surface area contributed by atoms with Crippen molar-refractivity contribution >= 4 is 23.4 Å². The molecule has 1 aromatic carbocycles. The van der Waals surface area contributed by atoms with Gasteiger partial charge >= 0.3 is 0 Å². The van der Waals surface area contributed by atoms with Crippen molar-refractivity contribution in [1.82, 2.24) is 10.2 Å². The molecule has 1 spiro atoms. The van der Waals surface area contributed by atoms with Crippen molar-refractivity contribution < 1.29 is 19.1 Å². The fourth-order valence-electron chi connectivity index (χ4n) is 4.13. The smallest absolute Gasteiger partial charge is 0.265 e. The second-order valence-corrected chi connectivity index (χ2v) is 7.44. The van der Waals surface area contributed by atoms with Gasteiger partial charge in [-0.15, -0.1) is 0 Å². The maximum atomic E-state index is 12.8. The molecule has 3 heterocycles. The summed E-state index contributed by atoms with van der Waals surface area (Å²) >= 11 is 0. The Morgan fingerprint density at radius 1 is 1.31 bits per heavy atom. The number of piperidine rings is 1. The number of anilines is 1. The summed E-state index contributed by atoms with van der Waals surface area (Å²) in [6, 6.07) is 5.60. The van der Waals surface area contributed by atoms with Crippen LogP contribution < -0.4 is 15.0 Å². The van der Waals surface area contributed by atoms with Crippen molar-refractivity contribution in [2.24, 2.45) is 5.41 Å². The van der Waals surface area contributed by atoms with Crippen LogP contribution in [0, 0.1) is 12.3 Å². The monoisotopic (exact) mass is 357 g/mol. The van der Waals surface area contributed by atoms with E-state index in [0.717, 1.165) is 18.4 Å². The van der Waals surface area contributed by atoms with E-state index in [9.17, 15) is 14.4 Å². The van der Waals surface area contributed by atoms with E-state index in [1.807, 2.05) is 25.1 Å². The lowest BCUT2D eigenvalue weighted by Gasteiger charge is -2.33. The molecule has 1 aromatic rings. The lowest BCUT2D eigenvalue weighted by atomic mass is 9.79. The van der Waals surface area contributed by atoms with Gasteiger partial charge in [-0.1, -0.05) is 6.07 Å². The minimum atomic E-state index is -0.447. The van der Waals surface area contributed by atoms with Crippen LogP contribution >= 0.6 is 0 Å². The number of carbonyl (C=O) groups is 3. The number of nitrogens with zero attached hydrogens (tertiary/aromatic N) is 2. The van der Waals surface area contributed by atoms with Gasteiger partial charge in [0.25, 0.3) is 5.91 Å². The van der Waals surface area contributed by atoms with Crippen LogP contribution in [-0.2, 0) is 14.4 Å². The van der Waals surface area contributed by atoms with Crippen LogP contribution in [0.25, 0.3) is 0 Å². The van der Waals surface area contributed by atoms with Gasteiger partial charge in [0.15, 0.2) is 6.61 Å². The van der Waals surface area contributed by atoms with Crippen LogP contribution in [0.3, 0.4) is 0 Å². The minimum absolute atomic E-state index is 0.0175. The molecule has 7 heteroatoms. The number of hydrogen-bond donors (Lipinski definition) is 1. The lowest BCUT2D eigenvalue weighted by Crippen LogP contribution is -2.49. The van der Waals surface area contributed by atoms with E-state index < -0.39 is 5.41 Å². The average molecular weight is 357 g/mol. The summed E-state index contributed by atoms with van der Waals surface area (Å²) < 4.78 is 5.46. The maximum Gasteiger partial charge on any atom is 0.265 e. The van der Waals surface area contributed by atoms with Crippen LogP contribution in [-0.4, -0.2) is 55.4 Å². The van der Waals surface area contributed by atoms with Crippen LogP contribution in [0.1, 0.15) is 24.8 Å². The number of likely N-dealkylation sites (tertiary alicyclic amines) is 1. The first-order valence-electron chi connectivity index (χ1n) is 9.08. The molecule has 3 amide bonds. The Morgan fingerprint density at radius 2 is 2.15 bits per heavy atom. The van der Waals surface area contributed by atoms with Crippen molar-refractivity contribution in [3.05, 3.63) is 23.8 Å². The summed E-state index contributed by atoms with van der Waals surface area (Å²) in [6.45, 7) is 3.58. The molecule has 0 saturated carbocycles. The lowest BCUT2D eigenvalue weighted by molar-refractivity contribution is -0.135. The van der Waals surface area contributed by atoms with Crippen molar-refractivity contribution in [2.75, 3.05) is 37.7 Å². The fourth-order valence-corrected chi connectivity index (χ4v) is 4.13. The van der Waals surface area contributed by atoms with E-state index in [1.165, 1.54) is 4.90 Å². The van der Waals surface area contributed by atoms with Gasteiger partial charge in [-0.3, -0.25) is 19.3 Å². The van der Waals surface area contributed by atoms with E-state index in [1.54, 1.807) is 4.90 Å². The summed E-state index contributed by atoms with van der Waals surface area (Å²) in [4.78, 5) is 40.7. The predicted octanol–water partition coefficient (Wildman–Crippen LogP) is 0.849. The summed E-state index contributed by atoms with van der Waals surface area (Å²) in [5.74, 6) is 0.332. The number of hydrogen-bond acceptors (Lipinski definition) is 4. The zero-order chi connectivity index (χ0) is 18.3. The number of amides is 3. The number of benzene rings is 1. The van der Waals surface area contributed by atoms with E-state index in [-0.39, 0.29) is 30.9 Å². The molecular formula is C19H23N3O4. The number of ether oxygens (including phenoxy) is 1. The molecule has 1 unspecified atom stereocenters. The van der Waals surface area contributed by atoms with E-state index >= 15 is 0 Å². The van der Waals surface area contributed by atoms with Gasteiger partial charge in [0.1, 0.15) is 12.3 Å². The molecule has 1 atom stereocenters. The van der Waals surface area contributed by atoms with Crippen molar-refractivity contribution in [2.45, 2.75) is 26.2 Å². The number of fused-ring (bicyclic) bond motifs is 1. The minimum Gasteiger partial charge on any atom is -0.482 e. The average Bonchev–Trinajstić information content (AvgIpc) is 3.05. The molecule has 2 fully saturated rings. The Labute approximate surface area is 152 Å². The third kappa shape index (κ3) is 2.81. The first kappa shape index (κ1) is 16.9. The Bertz CT molecular complexity index is 778. The van der Waals surface area contributed by atoms with Gasteiger partial charge in [0.2, 0.25) is 11.8 Å². The third-order valence-electron chi connectivity index (χ3n) is 5.66. The van der Waals surface area contributed by atoms with Crippen molar-refractivity contribution in [3.8, 4) is 5.75 Å². The molecule has 138 valence electrons. The molecule has 3 aliphatic heterocycles. The van der Waals surface area contributed by atoms with E-state index in [4.69, 9.17) is 4.74 Å². The highest BCUT2D eigenvalue weighted by atomic mass is 16.5. The predicted molar refractivity (Wildman–Crippen MR) is 94.9 cm³/mol. The Morgan fingerprint density at radius 3 is 2.96 bits per heavy atom. The number of carbonyl (C=O) groups excluding carboxylic acids is 3. The van der Waals surface area contributed by atoms with Crippen molar-refractivity contribution in [1.29, 1.82) is 0 Å². The highest BCUT2D eigenvalue weighted by Gasteiger charge is 2.47. The highest BCUT2D eigenvalue weighted by molar-refractivity contribution is 6.02. The Hall–Kier alpha value is -2.57.